The third kappa shape index (κ3) is 2.29. The van der Waals surface area contributed by atoms with Gasteiger partial charge in [-0.1, -0.05) is 32.4 Å². The highest BCUT2D eigenvalue weighted by atomic mass is 32.2. The van der Waals surface area contributed by atoms with Gasteiger partial charge in [0.2, 0.25) is 0 Å². The molecule has 70 valence electrons. The van der Waals surface area contributed by atoms with E-state index < -0.39 is 0 Å². The summed E-state index contributed by atoms with van der Waals surface area (Å²) in [6.45, 7) is 8.85. The second-order valence-electron chi connectivity index (χ2n) is 4.07. The van der Waals surface area contributed by atoms with Crippen molar-refractivity contribution in [1.82, 2.24) is 0 Å². The van der Waals surface area contributed by atoms with Gasteiger partial charge in [0.1, 0.15) is 0 Å². The summed E-state index contributed by atoms with van der Waals surface area (Å²) in [7, 11) is 0. The van der Waals surface area contributed by atoms with E-state index in [2.05, 4.69) is 32.2 Å². The van der Waals surface area contributed by atoms with E-state index in [-0.39, 0.29) is 0 Å². The number of allylic oxidation sites excluding steroid dienone is 1. The van der Waals surface area contributed by atoms with Gasteiger partial charge in [0.05, 0.1) is 0 Å². The molecule has 1 heteroatoms. The SMILES string of the molecule is C=C(CCC)C1(C)CCCSC1. The fourth-order valence-electron chi connectivity index (χ4n) is 1.82. The Kier molecular flexibility index (Phi) is 3.70. The van der Waals surface area contributed by atoms with Crippen LogP contribution in [0.15, 0.2) is 12.2 Å². The van der Waals surface area contributed by atoms with Crippen molar-refractivity contribution in [2.45, 2.75) is 39.5 Å². The lowest BCUT2D eigenvalue weighted by molar-refractivity contribution is 0.391. The van der Waals surface area contributed by atoms with Crippen LogP contribution in [0.4, 0.5) is 0 Å². The van der Waals surface area contributed by atoms with Gasteiger partial charge in [-0.25, -0.2) is 0 Å². The van der Waals surface area contributed by atoms with Crippen LogP contribution in [0.3, 0.4) is 0 Å². The lowest BCUT2D eigenvalue weighted by Crippen LogP contribution is -2.25. The average molecular weight is 184 g/mol. The van der Waals surface area contributed by atoms with E-state index >= 15 is 0 Å². The van der Waals surface area contributed by atoms with Crippen molar-refractivity contribution in [3.63, 3.8) is 0 Å². The van der Waals surface area contributed by atoms with Crippen LogP contribution in [0.2, 0.25) is 0 Å². The molecule has 0 amide bonds. The summed E-state index contributed by atoms with van der Waals surface area (Å²) in [6, 6.07) is 0. The second kappa shape index (κ2) is 4.36. The second-order valence-corrected chi connectivity index (χ2v) is 5.18. The minimum Gasteiger partial charge on any atom is -0.161 e. The van der Waals surface area contributed by atoms with Gasteiger partial charge in [0, 0.05) is 5.75 Å². The third-order valence-electron chi connectivity index (χ3n) is 2.84. The maximum atomic E-state index is 4.23. The standard InChI is InChI=1S/C11H20S/c1-4-6-10(2)11(3)7-5-8-12-9-11/h2,4-9H2,1,3H3. The lowest BCUT2D eigenvalue weighted by Gasteiger charge is -2.35. The monoisotopic (exact) mass is 184 g/mol. The molecule has 1 unspecified atom stereocenters. The molecular formula is C11H20S. The molecule has 1 atom stereocenters. The van der Waals surface area contributed by atoms with Crippen LogP contribution in [0.5, 0.6) is 0 Å². The molecule has 0 aromatic rings. The Bertz CT molecular complexity index is 154. The van der Waals surface area contributed by atoms with E-state index in [4.69, 9.17) is 0 Å². The molecule has 1 fully saturated rings. The van der Waals surface area contributed by atoms with E-state index in [1.807, 2.05) is 0 Å². The van der Waals surface area contributed by atoms with Crippen LogP contribution in [0.1, 0.15) is 39.5 Å². The Morgan fingerprint density at radius 3 is 2.83 bits per heavy atom. The fourth-order valence-corrected chi connectivity index (χ4v) is 3.11. The lowest BCUT2D eigenvalue weighted by atomic mass is 9.78. The van der Waals surface area contributed by atoms with Crippen LogP contribution in [-0.2, 0) is 0 Å². The van der Waals surface area contributed by atoms with Crippen LogP contribution in [0.25, 0.3) is 0 Å². The van der Waals surface area contributed by atoms with Crippen molar-refractivity contribution < 1.29 is 0 Å². The molecule has 0 aliphatic carbocycles. The molecular weight excluding hydrogens is 164 g/mol. The van der Waals surface area contributed by atoms with Crippen LogP contribution in [0, 0.1) is 5.41 Å². The molecule has 0 spiro atoms. The zero-order valence-corrected chi connectivity index (χ0v) is 9.17. The summed E-state index contributed by atoms with van der Waals surface area (Å²) in [6.07, 6.45) is 5.21. The van der Waals surface area contributed by atoms with Crippen molar-refractivity contribution >= 4 is 11.8 Å². The van der Waals surface area contributed by atoms with Crippen LogP contribution >= 0.6 is 11.8 Å². The van der Waals surface area contributed by atoms with Crippen molar-refractivity contribution in [3.8, 4) is 0 Å². The van der Waals surface area contributed by atoms with Gasteiger partial charge in [-0.05, 0) is 30.4 Å². The molecule has 0 saturated carbocycles. The van der Waals surface area contributed by atoms with Gasteiger partial charge in [-0.2, -0.15) is 11.8 Å². The first-order valence-corrected chi connectivity index (χ1v) is 6.10. The summed E-state index contributed by atoms with van der Waals surface area (Å²) in [4.78, 5) is 0. The molecule has 0 aromatic carbocycles. The number of hydrogen-bond donors (Lipinski definition) is 0. The predicted octanol–water partition coefficient (Wildman–Crippen LogP) is 3.88. The first kappa shape index (κ1) is 10.2. The molecule has 0 N–H and O–H groups in total. The summed E-state index contributed by atoms with van der Waals surface area (Å²) in [5, 5.41) is 0. The van der Waals surface area contributed by atoms with Gasteiger partial charge in [0.25, 0.3) is 0 Å². The van der Waals surface area contributed by atoms with E-state index in [1.54, 1.807) is 0 Å². The summed E-state index contributed by atoms with van der Waals surface area (Å²) in [5.74, 6) is 2.65. The normalized spacial score (nSPS) is 30.2. The van der Waals surface area contributed by atoms with Gasteiger partial charge in [-0.15, -0.1) is 0 Å². The Labute approximate surface area is 80.8 Å². The smallest absolute Gasteiger partial charge is 0.00238 e. The Morgan fingerprint density at radius 2 is 2.33 bits per heavy atom. The molecule has 0 bridgehead atoms. The number of hydrogen-bond acceptors (Lipinski definition) is 1. The summed E-state index contributed by atoms with van der Waals surface area (Å²) in [5.41, 5.74) is 1.94. The van der Waals surface area contributed by atoms with E-state index in [0.29, 0.717) is 5.41 Å². The minimum absolute atomic E-state index is 0.457. The highest BCUT2D eigenvalue weighted by Gasteiger charge is 2.29. The van der Waals surface area contributed by atoms with E-state index in [9.17, 15) is 0 Å². The highest BCUT2D eigenvalue weighted by molar-refractivity contribution is 7.99. The highest BCUT2D eigenvalue weighted by Crippen LogP contribution is 2.40. The third-order valence-corrected chi connectivity index (χ3v) is 4.26. The zero-order chi connectivity index (χ0) is 9.03. The molecule has 1 heterocycles. The minimum atomic E-state index is 0.457. The summed E-state index contributed by atoms with van der Waals surface area (Å²) < 4.78 is 0. The number of rotatable bonds is 3. The zero-order valence-electron chi connectivity index (χ0n) is 8.36. The first-order valence-electron chi connectivity index (χ1n) is 4.95. The van der Waals surface area contributed by atoms with Gasteiger partial charge in [0.15, 0.2) is 0 Å². The largest absolute Gasteiger partial charge is 0.161 e. The molecule has 0 aromatic heterocycles. The van der Waals surface area contributed by atoms with Crippen molar-refractivity contribution in [2.75, 3.05) is 11.5 Å². The molecule has 1 aliphatic heterocycles. The molecule has 1 saturated heterocycles. The number of thioether (sulfide) groups is 1. The maximum absolute atomic E-state index is 4.23. The summed E-state index contributed by atoms with van der Waals surface area (Å²) >= 11 is 2.10. The van der Waals surface area contributed by atoms with Crippen LogP contribution < -0.4 is 0 Å². The van der Waals surface area contributed by atoms with Gasteiger partial charge in [-0.3, -0.25) is 0 Å². The van der Waals surface area contributed by atoms with Crippen molar-refractivity contribution in [2.24, 2.45) is 5.41 Å². The predicted molar refractivity (Wildman–Crippen MR) is 58.7 cm³/mol. The van der Waals surface area contributed by atoms with Gasteiger partial charge < -0.3 is 0 Å². The van der Waals surface area contributed by atoms with Gasteiger partial charge >= 0.3 is 0 Å². The topological polar surface area (TPSA) is 0 Å². The Morgan fingerprint density at radius 1 is 1.58 bits per heavy atom. The average Bonchev–Trinajstić information content (AvgIpc) is 2.06. The Hall–Kier alpha value is 0.0900. The molecule has 12 heavy (non-hydrogen) atoms. The fraction of sp³-hybridized carbons (Fsp3) is 0.818. The van der Waals surface area contributed by atoms with Crippen LogP contribution in [-0.4, -0.2) is 11.5 Å². The molecule has 0 nitrogen and oxygen atoms in total. The molecule has 1 aliphatic rings. The molecule has 0 radical (unpaired) electrons. The van der Waals surface area contributed by atoms with E-state index in [0.717, 1.165) is 0 Å². The maximum Gasteiger partial charge on any atom is 0.00238 e. The Balaban J connectivity index is 2.50. The first-order chi connectivity index (χ1) is 5.69. The van der Waals surface area contributed by atoms with Crippen molar-refractivity contribution in [3.05, 3.63) is 12.2 Å². The quantitative estimate of drug-likeness (QED) is 0.600. The molecule has 1 rings (SSSR count). The van der Waals surface area contributed by atoms with E-state index in [1.165, 1.54) is 42.8 Å². The van der Waals surface area contributed by atoms with Crippen molar-refractivity contribution in [1.29, 1.82) is 0 Å².